The molecule has 1 fully saturated rings. The smallest absolute Gasteiger partial charge is 0.265 e. The van der Waals surface area contributed by atoms with Crippen LogP contribution in [0, 0.1) is 5.82 Å². The highest BCUT2D eigenvalue weighted by atomic mass is 19.1. The van der Waals surface area contributed by atoms with Crippen molar-refractivity contribution in [2.24, 2.45) is 0 Å². The van der Waals surface area contributed by atoms with E-state index in [1.165, 1.54) is 12.1 Å². The number of fused-ring (bicyclic) bond motifs is 1. The molecule has 0 bridgehead atoms. The number of rotatable bonds is 4. The van der Waals surface area contributed by atoms with Crippen LogP contribution in [0.4, 0.5) is 10.1 Å². The van der Waals surface area contributed by atoms with Crippen LogP contribution in [0.1, 0.15) is 18.0 Å². The van der Waals surface area contributed by atoms with Gasteiger partial charge in [0, 0.05) is 32.6 Å². The average molecular weight is 383 g/mol. The number of para-hydroxylation sites is 2. The van der Waals surface area contributed by atoms with Crippen LogP contribution in [0.5, 0.6) is 5.75 Å². The third-order valence-corrected chi connectivity index (χ3v) is 5.15. The van der Waals surface area contributed by atoms with Gasteiger partial charge in [0.25, 0.3) is 5.91 Å². The van der Waals surface area contributed by atoms with Crippen molar-refractivity contribution < 1.29 is 18.7 Å². The molecule has 0 spiro atoms. The number of nitrogens with one attached hydrogen (secondary N) is 1. The maximum Gasteiger partial charge on any atom is 0.265 e. The highest BCUT2D eigenvalue weighted by Gasteiger charge is 2.30. The van der Waals surface area contributed by atoms with E-state index in [1.807, 2.05) is 30.3 Å². The topological polar surface area (TPSA) is 61.9 Å². The van der Waals surface area contributed by atoms with Crippen LogP contribution in [0.3, 0.4) is 0 Å². The van der Waals surface area contributed by atoms with Crippen LogP contribution < -0.4 is 15.0 Å². The van der Waals surface area contributed by atoms with Crippen molar-refractivity contribution in [3.05, 3.63) is 59.9 Å². The van der Waals surface area contributed by atoms with Crippen LogP contribution in [0.2, 0.25) is 0 Å². The van der Waals surface area contributed by atoms with Crippen LogP contribution in [0.25, 0.3) is 0 Å². The Morgan fingerprint density at radius 1 is 1.21 bits per heavy atom. The van der Waals surface area contributed by atoms with Gasteiger partial charge in [0.1, 0.15) is 11.6 Å². The molecule has 0 saturated carbocycles. The van der Waals surface area contributed by atoms with Gasteiger partial charge in [-0.2, -0.15) is 0 Å². The number of benzene rings is 2. The summed E-state index contributed by atoms with van der Waals surface area (Å²) < 4.78 is 19.1. The molecule has 1 saturated heterocycles. The number of carbonyl (C=O) groups is 2. The summed E-state index contributed by atoms with van der Waals surface area (Å²) in [7, 11) is 0. The van der Waals surface area contributed by atoms with Gasteiger partial charge in [-0.15, -0.1) is 0 Å². The van der Waals surface area contributed by atoms with Crippen molar-refractivity contribution in [2.45, 2.75) is 12.5 Å². The molecule has 0 aliphatic carbocycles. The summed E-state index contributed by atoms with van der Waals surface area (Å²) in [5.74, 6) is 0.126. The van der Waals surface area contributed by atoms with E-state index in [2.05, 4.69) is 5.32 Å². The Labute approximate surface area is 162 Å². The molecule has 2 aliphatic heterocycles. The molecule has 0 radical (unpaired) electrons. The maximum absolute atomic E-state index is 13.6. The van der Waals surface area contributed by atoms with Gasteiger partial charge in [0.2, 0.25) is 5.91 Å². The Hall–Kier alpha value is -2.93. The second-order valence-electron chi connectivity index (χ2n) is 6.91. The highest BCUT2D eigenvalue weighted by molar-refractivity contribution is 5.98. The Morgan fingerprint density at radius 3 is 2.93 bits per heavy atom. The van der Waals surface area contributed by atoms with E-state index in [0.29, 0.717) is 31.1 Å². The molecule has 1 unspecified atom stereocenters. The summed E-state index contributed by atoms with van der Waals surface area (Å²) in [6.07, 6.45) is 0.200. The molecule has 7 heteroatoms. The average Bonchev–Trinajstić information content (AvgIpc) is 2.73. The minimum absolute atomic E-state index is 0.0231. The van der Waals surface area contributed by atoms with Gasteiger partial charge in [-0.25, -0.2) is 4.39 Å². The van der Waals surface area contributed by atoms with Crippen molar-refractivity contribution in [3.63, 3.8) is 0 Å². The van der Waals surface area contributed by atoms with Gasteiger partial charge in [0.05, 0.1) is 11.7 Å². The highest BCUT2D eigenvalue weighted by Crippen LogP contribution is 2.32. The van der Waals surface area contributed by atoms with Crippen molar-refractivity contribution in [3.8, 4) is 5.75 Å². The molecule has 1 atom stereocenters. The summed E-state index contributed by atoms with van der Waals surface area (Å²) in [5, 5.41) is 3.27. The normalized spacial score (nSPS) is 19.2. The van der Waals surface area contributed by atoms with Gasteiger partial charge in [-0.1, -0.05) is 24.3 Å². The Morgan fingerprint density at radius 2 is 2.07 bits per heavy atom. The van der Waals surface area contributed by atoms with Crippen LogP contribution >= 0.6 is 0 Å². The third-order valence-electron chi connectivity index (χ3n) is 5.15. The summed E-state index contributed by atoms with van der Waals surface area (Å²) in [5.41, 5.74) is 1.46. The summed E-state index contributed by atoms with van der Waals surface area (Å²) in [6, 6.07) is 13.5. The molecule has 4 rings (SSSR count). The lowest BCUT2D eigenvalue weighted by atomic mass is 10.0. The lowest BCUT2D eigenvalue weighted by Crippen LogP contribution is -2.49. The fourth-order valence-electron chi connectivity index (χ4n) is 3.76. The zero-order valence-electron chi connectivity index (χ0n) is 15.4. The van der Waals surface area contributed by atoms with Gasteiger partial charge >= 0.3 is 0 Å². The standard InChI is InChI=1S/C21H22FN3O3/c22-16-5-3-4-15(12-16)18-13-23-9-11-25(18)20(26)8-10-24-17-6-1-2-7-19(17)28-14-21(24)27/h1-7,12,18,23H,8-11,13-14H2. The summed E-state index contributed by atoms with van der Waals surface area (Å²) in [6.45, 7) is 2.08. The molecule has 146 valence electrons. The molecule has 6 nitrogen and oxygen atoms in total. The Kier molecular flexibility index (Phi) is 5.25. The predicted octanol–water partition coefficient (Wildman–Crippen LogP) is 2.11. The fraction of sp³-hybridized carbons (Fsp3) is 0.333. The monoisotopic (exact) mass is 383 g/mol. The van der Waals surface area contributed by atoms with Crippen LogP contribution in [-0.4, -0.2) is 49.5 Å². The number of anilines is 1. The maximum atomic E-state index is 13.6. The minimum Gasteiger partial charge on any atom is -0.482 e. The van der Waals surface area contributed by atoms with Crippen molar-refractivity contribution in [1.82, 2.24) is 10.2 Å². The van der Waals surface area contributed by atoms with Crippen molar-refractivity contribution in [2.75, 3.05) is 37.7 Å². The van der Waals surface area contributed by atoms with E-state index < -0.39 is 0 Å². The Bertz CT molecular complexity index is 889. The van der Waals surface area contributed by atoms with E-state index in [0.717, 1.165) is 5.56 Å². The Balaban J connectivity index is 1.47. The van der Waals surface area contributed by atoms with E-state index in [4.69, 9.17) is 4.74 Å². The number of halogens is 1. The second kappa shape index (κ2) is 7.98. The molecule has 2 aromatic carbocycles. The quantitative estimate of drug-likeness (QED) is 0.879. The molecule has 2 heterocycles. The van der Waals surface area contributed by atoms with Gasteiger partial charge in [-0.05, 0) is 29.8 Å². The van der Waals surface area contributed by atoms with Gasteiger partial charge < -0.3 is 19.9 Å². The van der Waals surface area contributed by atoms with Crippen LogP contribution in [0.15, 0.2) is 48.5 Å². The molecular weight excluding hydrogens is 361 g/mol. The molecular formula is C21H22FN3O3. The molecule has 0 aromatic heterocycles. The summed E-state index contributed by atoms with van der Waals surface area (Å²) >= 11 is 0. The first kappa shape index (κ1) is 18.4. The van der Waals surface area contributed by atoms with E-state index in [9.17, 15) is 14.0 Å². The number of ether oxygens (including phenoxy) is 1. The van der Waals surface area contributed by atoms with Gasteiger partial charge in [0.15, 0.2) is 6.61 Å². The lowest BCUT2D eigenvalue weighted by molar-refractivity contribution is -0.134. The fourth-order valence-corrected chi connectivity index (χ4v) is 3.76. The van der Waals surface area contributed by atoms with Crippen molar-refractivity contribution in [1.29, 1.82) is 0 Å². The molecule has 1 N–H and O–H groups in total. The largest absolute Gasteiger partial charge is 0.482 e. The second-order valence-corrected chi connectivity index (χ2v) is 6.91. The zero-order valence-corrected chi connectivity index (χ0v) is 15.4. The van der Waals surface area contributed by atoms with Gasteiger partial charge in [-0.3, -0.25) is 9.59 Å². The lowest BCUT2D eigenvalue weighted by Gasteiger charge is -2.37. The molecule has 2 aromatic rings. The number of hydrogen-bond donors (Lipinski definition) is 1. The number of hydrogen-bond acceptors (Lipinski definition) is 4. The number of amides is 2. The molecule has 28 heavy (non-hydrogen) atoms. The molecule has 2 amide bonds. The van der Waals surface area contributed by atoms with Crippen molar-refractivity contribution >= 4 is 17.5 Å². The van der Waals surface area contributed by atoms with E-state index in [-0.39, 0.29) is 43.2 Å². The number of nitrogens with zero attached hydrogens (tertiary/aromatic N) is 2. The number of carbonyl (C=O) groups excluding carboxylic acids is 2. The first-order chi connectivity index (χ1) is 13.6. The SMILES string of the molecule is O=C1COc2ccccc2N1CCC(=O)N1CCNCC1c1cccc(F)c1. The first-order valence-corrected chi connectivity index (χ1v) is 9.41. The minimum atomic E-state index is -0.314. The third kappa shape index (κ3) is 3.71. The summed E-state index contributed by atoms with van der Waals surface area (Å²) in [4.78, 5) is 28.6. The van der Waals surface area contributed by atoms with E-state index >= 15 is 0 Å². The van der Waals surface area contributed by atoms with Crippen LogP contribution in [-0.2, 0) is 9.59 Å². The number of piperazine rings is 1. The van der Waals surface area contributed by atoms with E-state index in [1.54, 1.807) is 15.9 Å². The zero-order chi connectivity index (χ0) is 19.5. The predicted molar refractivity (Wildman–Crippen MR) is 103 cm³/mol. The first-order valence-electron chi connectivity index (χ1n) is 9.41. The molecule has 2 aliphatic rings.